The summed E-state index contributed by atoms with van der Waals surface area (Å²) in [4.78, 5) is -0.667. The Balaban J connectivity index is 3.29. The molecule has 6 heteroatoms. The van der Waals surface area contributed by atoms with Crippen LogP contribution in [0.25, 0.3) is 0 Å². The van der Waals surface area contributed by atoms with Crippen LogP contribution in [0.5, 0.6) is 0 Å². The van der Waals surface area contributed by atoms with Crippen LogP contribution in [-0.2, 0) is 16.3 Å². The molecule has 1 N–H and O–H groups in total. The number of benzene rings is 1. The van der Waals surface area contributed by atoms with Gasteiger partial charge in [0.2, 0.25) is 0 Å². The Morgan fingerprint density at radius 2 is 1.88 bits per heavy atom. The molecule has 0 heterocycles. The molecule has 0 saturated carbocycles. The Hall–Kier alpha value is -1.01. The summed E-state index contributed by atoms with van der Waals surface area (Å²) in [7, 11) is -3.78. The van der Waals surface area contributed by atoms with Crippen LogP contribution in [-0.4, -0.2) is 25.9 Å². The van der Waals surface area contributed by atoms with Gasteiger partial charge in [0.05, 0.1) is 6.10 Å². The van der Waals surface area contributed by atoms with Gasteiger partial charge in [0.1, 0.15) is 4.90 Å². The van der Waals surface area contributed by atoms with Crippen molar-refractivity contribution in [1.29, 1.82) is 0 Å². The highest BCUT2D eigenvalue weighted by atomic mass is 32.2. The number of rotatable bonds is 3. The number of aliphatic hydroxyl groups is 1. The molecule has 0 aliphatic carbocycles. The smallest absolute Gasteiger partial charge is 0.178 e. The van der Waals surface area contributed by atoms with Crippen molar-refractivity contribution in [2.24, 2.45) is 0 Å². The first-order valence-electron chi connectivity index (χ1n) is 4.58. The van der Waals surface area contributed by atoms with E-state index in [4.69, 9.17) is 5.11 Å². The van der Waals surface area contributed by atoms with E-state index in [0.717, 1.165) is 12.3 Å². The SMILES string of the molecule is CC(O)Cc1ccc(S(C)(=O)=O)c(F)c1F. The van der Waals surface area contributed by atoms with Gasteiger partial charge in [-0.05, 0) is 18.6 Å². The highest BCUT2D eigenvalue weighted by molar-refractivity contribution is 7.90. The molecule has 0 bridgehead atoms. The molecule has 0 spiro atoms. The normalized spacial score (nSPS) is 13.8. The number of hydrogen-bond donors (Lipinski definition) is 1. The Bertz CT molecular complexity index is 495. The fraction of sp³-hybridized carbons (Fsp3) is 0.400. The quantitative estimate of drug-likeness (QED) is 0.879. The molecule has 0 radical (unpaired) electrons. The maximum absolute atomic E-state index is 13.4. The van der Waals surface area contributed by atoms with Crippen molar-refractivity contribution < 1.29 is 22.3 Å². The first-order chi connectivity index (χ1) is 7.23. The molecule has 1 atom stereocenters. The Morgan fingerprint density at radius 1 is 1.31 bits per heavy atom. The molecular weight excluding hydrogens is 238 g/mol. The summed E-state index contributed by atoms with van der Waals surface area (Å²) in [6, 6.07) is 2.17. The Labute approximate surface area is 92.6 Å². The standard InChI is InChI=1S/C10H12F2O3S/c1-6(13)5-7-3-4-8(16(2,14)15)10(12)9(7)11/h3-4,6,13H,5H2,1-2H3. The molecule has 3 nitrogen and oxygen atoms in total. The van der Waals surface area contributed by atoms with E-state index in [1.165, 1.54) is 13.0 Å². The summed E-state index contributed by atoms with van der Waals surface area (Å²) in [5.41, 5.74) is -0.0418. The van der Waals surface area contributed by atoms with E-state index >= 15 is 0 Å². The van der Waals surface area contributed by atoms with Crippen LogP contribution in [0.1, 0.15) is 12.5 Å². The predicted molar refractivity (Wildman–Crippen MR) is 54.9 cm³/mol. The first kappa shape index (κ1) is 13.1. The van der Waals surface area contributed by atoms with E-state index in [9.17, 15) is 17.2 Å². The highest BCUT2D eigenvalue weighted by Gasteiger charge is 2.20. The Morgan fingerprint density at radius 3 is 2.31 bits per heavy atom. The first-order valence-corrected chi connectivity index (χ1v) is 6.47. The lowest BCUT2D eigenvalue weighted by atomic mass is 10.1. The lowest BCUT2D eigenvalue weighted by Gasteiger charge is -2.08. The average molecular weight is 250 g/mol. The summed E-state index contributed by atoms with van der Waals surface area (Å²) in [6.45, 7) is 1.43. The monoisotopic (exact) mass is 250 g/mol. The summed E-state index contributed by atoms with van der Waals surface area (Å²) in [5.74, 6) is -2.61. The lowest BCUT2D eigenvalue weighted by molar-refractivity contribution is 0.193. The average Bonchev–Trinajstić information content (AvgIpc) is 2.10. The largest absolute Gasteiger partial charge is 0.393 e. The van der Waals surface area contributed by atoms with Gasteiger partial charge >= 0.3 is 0 Å². The predicted octanol–water partition coefficient (Wildman–Crippen LogP) is 1.29. The third kappa shape index (κ3) is 2.76. The van der Waals surface area contributed by atoms with E-state index in [0.29, 0.717) is 0 Å². The van der Waals surface area contributed by atoms with Crippen molar-refractivity contribution in [2.45, 2.75) is 24.3 Å². The van der Waals surface area contributed by atoms with Crippen LogP contribution in [0.2, 0.25) is 0 Å². The van der Waals surface area contributed by atoms with Crippen molar-refractivity contribution in [2.75, 3.05) is 6.26 Å². The summed E-state index contributed by atoms with van der Waals surface area (Å²) < 4.78 is 48.9. The number of hydrogen-bond acceptors (Lipinski definition) is 3. The van der Waals surface area contributed by atoms with Crippen LogP contribution >= 0.6 is 0 Å². The molecule has 0 aromatic heterocycles. The van der Waals surface area contributed by atoms with E-state index in [2.05, 4.69) is 0 Å². The number of aliphatic hydroxyl groups excluding tert-OH is 1. The summed E-state index contributed by atoms with van der Waals surface area (Å²) >= 11 is 0. The molecule has 1 aromatic carbocycles. The minimum atomic E-state index is -3.78. The van der Waals surface area contributed by atoms with E-state index in [1.54, 1.807) is 0 Å². The van der Waals surface area contributed by atoms with Gasteiger partial charge in [0.25, 0.3) is 0 Å². The summed E-state index contributed by atoms with van der Waals surface area (Å²) in [5, 5.41) is 9.04. The third-order valence-corrected chi connectivity index (χ3v) is 3.16. The fourth-order valence-electron chi connectivity index (χ4n) is 1.33. The van der Waals surface area contributed by atoms with Gasteiger partial charge in [-0.25, -0.2) is 17.2 Å². The van der Waals surface area contributed by atoms with Crippen molar-refractivity contribution in [3.63, 3.8) is 0 Å². The molecule has 0 aliphatic heterocycles. The van der Waals surface area contributed by atoms with Gasteiger partial charge in [0, 0.05) is 12.7 Å². The van der Waals surface area contributed by atoms with E-state index in [1.807, 2.05) is 0 Å². The third-order valence-electron chi connectivity index (χ3n) is 2.04. The minimum Gasteiger partial charge on any atom is -0.393 e. The topological polar surface area (TPSA) is 54.4 Å². The fourth-order valence-corrected chi connectivity index (χ4v) is 2.06. The second kappa shape index (κ2) is 4.47. The van der Waals surface area contributed by atoms with Gasteiger partial charge in [0.15, 0.2) is 21.5 Å². The zero-order valence-electron chi connectivity index (χ0n) is 8.87. The van der Waals surface area contributed by atoms with Crippen molar-refractivity contribution in [1.82, 2.24) is 0 Å². The van der Waals surface area contributed by atoms with Crippen LogP contribution in [0.15, 0.2) is 17.0 Å². The maximum Gasteiger partial charge on any atom is 0.178 e. The van der Waals surface area contributed by atoms with Crippen LogP contribution in [0.4, 0.5) is 8.78 Å². The lowest BCUT2D eigenvalue weighted by Crippen LogP contribution is -2.10. The molecule has 0 saturated heterocycles. The van der Waals surface area contributed by atoms with Crippen molar-refractivity contribution in [3.8, 4) is 0 Å². The van der Waals surface area contributed by atoms with Crippen LogP contribution < -0.4 is 0 Å². The van der Waals surface area contributed by atoms with Gasteiger partial charge in [-0.3, -0.25) is 0 Å². The molecule has 1 aromatic rings. The molecule has 1 unspecified atom stereocenters. The second-order valence-electron chi connectivity index (χ2n) is 3.68. The van der Waals surface area contributed by atoms with Crippen LogP contribution in [0.3, 0.4) is 0 Å². The molecule has 16 heavy (non-hydrogen) atoms. The second-order valence-corrected chi connectivity index (χ2v) is 5.66. The highest BCUT2D eigenvalue weighted by Crippen LogP contribution is 2.21. The summed E-state index contributed by atoms with van der Waals surface area (Å²) in [6.07, 6.45) is -0.0793. The molecule has 90 valence electrons. The van der Waals surface area contributed by atoms with Gasteiger partial charge in [-0.15, -0.1) is 0 Å². The molecule has 1 rings (SSSR count). The zero-order valence-corrected chi connectivity index (χ0v) is 9.68. The van der Waals surface area contributed by atoms with Gasteiger partial charge < -0.3 is 5.11 Å². The molecule has 0 amide bonds. The molecular formula is C10H12F2O3S. The Kier molecular flexibility index (Phi) is 3.64. The zero-order chi connectivity index (χ0) is 12.5. The number of sulfone groups is 1. The van der Waals surface area contributed by atoms with Crippen molar-refractivity contribution >= 4 is 9.84 Å². The van der Waals surface area contributed by atoms with E-state index in [-0.39, 0.29) is 12.0 Å². The molecule has 0 aliphatic rings. The van der Waals surface area contributed by atoms with Crippen LogP contribution in [0, 0.1) is 11.6 Å². The maximum atomic E-state index is 13.4. The van der Waals surface area contributed by atoms with Gasteiger partial charge in [-0.1, -0.05) is 6.07 Å². The van der Waals surface area contributed by atoms with Crippen molar-refractivity contribution in [3.05, 3.63) is 29.3 Å². The minimum absolute atomic E-state index is 0.0418. The molecule has 0 fully saturated rings. The van der Waals surface area contributed by atoms with E-state index < -0.39 is 32.5 Å². The van der Waals surface area contributed by atoms with Gasteiger partial charge in [-0.2, -0.15) is 0 Å². The number of halogens is 2.